The van der Waals surface area contributed by atoms with Crippen molar-refractivity contribution < 1.29 is 9.53 Å². The Bertz CT molecular complexity index is 388. The lowest BCUT2D eigenvalue weighted by atomic mass is 10.3. The summed E-state index contributed by atoms with van der Waals surface area (Å²) >= 11 is 0. The molecule has 1 aliphatic carbocycles. The fourth-order valence-electron chi connectivity index (χ4n) is 1.52. The van der Waals surface area contributed by atoms with Crippen LogP contribution >= 0.6 is 0 Å². The molecular formula is C12H16N2O2. The molecule has 1 aliphatic rings. The van der Waals surface area contributed by atoms with Gasteiger partial charge < -0.3 is 10.1 Å². The largest absolute Gasteiger partial charge is 0.495 e. The van der Waals surface area contributed by atoms with E-state index in [-0.39, 0.29) is 6.03 Å². The van der Waals surface area contributed by atoms with Crippen LogP contribution in [-0.2, 0) is 0 Å². The standard InChI is InChI=1S/C12H16N2O2/c1-14(12(15)13-9-7-8-9)10-5-3-4-6-11(10)16-2/h3-6,9H,7-8H2,1-2H3,(H,13,15). The zero-order chi connectivity index (χ0) is 11.5. The molecule has 0 aliphatic heterocycles. The fourth-order valence-corrected chi connectivity index (χ4v) is 1.52. The first-order valence-corrected chi connectivity index (χ1v) is 5.39. The Morgan fingerprint density at radius 1 is 1.44 bits per heavy atom. The van der Waals surface area contributed by atoms with E-state index in [1.165, 1.54) is 0 Å². The van der Waals surface area contributed by atoms with Crippen molar-refractivity contribution in [3.8, 4) is 5.75 Å². The summed E-state index contributed by atoms with van der Waals surface area (Å²) in [5, 5.41) is 2.93. The van der Waals surface area contributed by atoms with Crippen LogP contribution in [0.25, 0.3) is 0 Å². The normalized spacial score (nSPS) is 14.4. The number of para-hydroxylation sites is 2. The molecule has 4 heteroatoms. The van der Waals surface area contributed by atoms with E-state index in [0.29, 0.717) is 11.8 Å². The Kier molecular flexibility index (Phi) is 2.99. The number of nitrogens with one attached hydrogen (secondary N) is 1. The number of urea groups is 1. The van der Waals surface area contributed by atoms with Crippen molar-refractivity contribution in [3.05, 3.63) is 24.3 Å². The summed E-state index contributed by atoms with van der Waals surface area (Å²) in [4.78, 5) is 13.4. The zero-order valence-electron chi connectivity index (χ0n) is 9.56. The van der Waals surface area contributed by atoms with E-state index in [1.807, 2.05) is 24.3 Å². The summed E-state index contributed by atoms with van der Waals surface area (Å²) < 4.78 is 5.22. The minimum atomic E-state index is -0.0769. The topological polar surface area (TPSA) is 41.6 Å². The number of ether oxygens (including phenoxy) is 1. The number of hydrogen-bond donors (Lipinski definition) is 1. The summed E-state index contributed by atoms with van der Waals surface area (Å²) in [7, 11) is 3.35. The van der Waals surface area contributed by atoms with Crippen molar-refractivity contribution >= 4 is 11.7 Å². The minimum Gasteiger partial charge on any atom is -0.495 e. The van der Waals surface area contributed by atoms with E-state index >= 15 is 0 Å². The summed E-state index contributed by atoms with van der Waals surface area (Å²) in [6.07, 6.45) is 2.18. The van der Waals surface area contributed by atoms with E-state index in [1.54, 1.807) is 19.1 Å². The van der Waals surface area contributed by atoms with Gasteiger partial charge in [-0.15, -0.1) is 0 Å². The highest BCUT2D eigenvalue weighted by molar-refractivity contribution is 5.93. The molecule has 2 rings (SSSR count). The van der Waals surface area contributed by atoms with Crippen LogP contribution in [0, 0.1) is 0 Å². The van der Waals surface area contributed by atoms with Gasteiger partial charge in [-0.1, -0.05) is 12.1 Å². The molecule has 1 N–H and O–H groups in total. The smallest absolute Gasteiger partial charge is 0.321 e. The van der Waals surface area contributed by atoms with Crippen LogP contribution in [0.1, 0.15) is 12.8 Å². The van der Waals surface area contributed by atoms with Crippen LogP contribution in [-0.4, -0.2) is 26.2 Å². The lowest BCUT2D eigenvalue weighted by molar-refractivity contribution is 0.247. The first-order valence-electron chi connectivity index (χ1n) is 5.39. The highest BCUT2D eigenvalue weighted by atomic mass is 16.5. The van der Waals surface area contributed by atoms with Crippen LogP contribution in [0.4, 0.5) is 10.5 Å². The molecule has 1 aromatic carbocycles. The Labute approximate surface area is 95.2 Å². The number of methoxy groups -OCH3 is 1. The Morgan fingerprint density at radius 2 is 2.12 bits per heavy atom. The van der Waals surface area contributed by atoms with E-state index in [9.17, 15) is 4.79 Å². The molecule has 0 bridgehead atoms. The molecule has 2 amide bonds. The molecule has 0 aromatic heterocycles. The van der Waals surface area contributed by atoms with Gasteiger partial charge in [0.05, 0.1) is 12.8 Å². The number of benzene rings is 1. The van der Waals surface area contributed by atoms with Crippen LogP contribution in [0.5, 0.6) is 5.75 Å². The molecule has 16 heavy (non-hydrogen) atoms. The van der Waals surface area contributed by atoms with Gasteiger partial charge in [0.1, 0.15) is 5.75 Å². The third-order valence-electron chi connectivity index (χ3n) is 2.66. The van der Waals surface area contributed by atoms with Crippen molar-refractivity contribution in [1.29, 1.82) is 0 Å². The molecule has 1 aromatic rings. The second kappa shape index (κ2) is 4.43. The maximum Gasteiger partial charge on any atom is 0.321 e. The van der Waals surface area contributed by atoms with Gasteiger partial charge in [-0.05, 0) is 25.0 Å². The second-order valence-corrected chi connectivity index (χ2v) is 3.95. The summed E-state index contributed by atoms with van der Waals surface area (Å²) in [6, 6.07) is 7.77. The molecule has 4 nitrogen and oxygen atoms in total. The predicted molar refractivity (Wildman–Crippen MR) is 63.0 cm³/mol. The van der Waals surface area contributed by atoms with Gasteiger partial charge in [-0.3, -0.25) is 4.90 Å². The quantitative estimate of drug-likeness (QED) is 0.846. The molecule has 0 saturated heterocycles. The molecule has 0 atom stereocenters. The summed E-state index contributed by atoms with van der Waals surface area (Å²) in [5.74, 6) is 0.705. The maximum atomic E-state index is 11.8. The van der Waals surface area contributed by atoms with Crippen molar-refractivity contribution in [2.45, 2.75) is 18.9 Å². The SMILES string of the molecule is COc1ccccc1N(C)C(=O)NC1CC1. The number of anilines is 1. The molecule has 1 fully saturated rings. The molecular weight excluding hydrogens is 204 g/mol. The number of amides is 2. The number of nitrogens with zero attached hydrogens (tertiary/aromatic N) is 1. The number of hydrogen-bond acceptors (Lipinski definition) is 2. The van der Waals surface area contributed by atoms with Crippen molar-refractivity contribution in [3.63, 3.8) is 0 Å². The minimum absolute atomic E-state index is 0.0769. The van der Waals surface area contributed by atoms with Crippen molar-refractivity contribution in [2.75, 3.05) is 19.1 Å². The Balaban J connectivity index is 2.11. The van der Waals surface area contributed by atoms with Gasteiger partial charge in [-0.25, -0.2) is 4.79 Å². The zero-order valence-corrected chi connectivity index (χ0v) is 9.56. The third kappa shape index (κ3) is 2.27. The first kappa shape index (κ1) is 10.8. The highest BCUT2D eigenvalue weighted by Crippen LogP contribution is 2.27. The third-order valence-corrected chi connectivity index (χ3v) is 2.66. The van der Waals surface area contributed by atoms with Crippen LogP contribution < -0.4 is 15.0 Å². The molecule has 1 saturated carbocycles. The van der Waals surface area contributed by atoms with Crippen LogP contribution in [0.2, 0.25) is 0 Å². The second-order valence-electron chi connectivity index (χ2n) is 3.95. The Morgan fingerprint density at radius 3 is 2.75 bits per heavy atom. The van der Waals surface area contributed by atoms with Gasteiger partial charge in [-0.2, -0.15) is 0 Å². The van der Waals surface area contributed by atoms with E-state index in [4.69, 9.17) is 4.74 Å². The number of carbonyl (C=O) groups is 1. The lowest BCUT2D eigenvalue weighted by Gasteiger charge is -2.20. The Hall–Kier alpha value is -1.71. The van der Waals surface area contributed by atoms with Crippen molar-refractivity contribution in [2.24, 2.45) is 0 Å². The predicted octanol–water partition coefficient (Wildman–Crippen LogP) is 2.00. The fraction of sp³-hybridized carbons (Fsp3) is 0.417. The van der Waals surface area contributed by atoms with Crippen LogP contribution in [0.15, 0.2) is 24.3 Å². The lowest BCUT2D eigenvalue weighted by Crippen LogP contribution is -2.38. The van der Waals surface area contributed by atoms with Gasteiger partial charge in [0.25, 0.3) is 0 Å². The maximum absolute atomic E-state index is 11.8. The van der Waals surface area contributed by atoms with Gasteiger partial charge in [0, 0.05) is 13.1 Å². The molecule has 0 heterocycles. The summed E-state index contributed by atoms with van der Waals surface area (Å²) in [6.45, 7) is 0. The van der Waals surface area contributed by atoms with Crippen LogP contribution in [0.3, 0.4) is 0 Å². The molecule has 0 unspecified atom stereocenters. The van der Waals surface area contributed by atoms with Gasteiger partial charge in [0.2, 0.25) is 0 Å². The highest BCUT2D eigenvalue weighted by Gasteiger charge is 2.25. The monoisotopic (exact) mass is 220 g/mol. The number of rotatable bonds is 3. The molecule has 0 radical (unpaired) electrons. The average Bonchev–Trinajstić information content (AvgIpc) is 3.11. The van der Waals surface area contributed by atoms with E-state index in [0.717, 1.165) is 18.5 Å². The van der Waals surface area contributed by atoms with E-state index in [2.05, 4.69) is 5.32 Å². The summed E-state index contributed by atoms with van der Waals surface area (Å²) in [5.41, 5.74) is 0.781. The molecule has 86 valence electrons. The molecule has 0 spiro atoms. The van der Waals surface area contributed by atoms with E-state index < -0.39 is 0 Å². The van der Waals surface area contributed by atoms with Gasteiger partial charge >= 0.3 is 6.03 Å². The first-order chi connectivity index (χ1) is 7.72. The number of carbonyl (C=O) groups excluding carboxylic acids is 1. The van der Waals surface area contributed by atoms with Gasteiger partial charge in [0.15, 0.2) is 0 Å². The van der Waals surface area contributed by atoms with Crippen molar-refractivity contribution in [1.82, 2.24) is 5.32 Å². The average molecular weight is 220 g/mol.